The van der Waals surface area contributed by atoms with Crippen LogP contribution < -0.4 is 9.62 Å². The van der Waals surface area contributed by atoms with Crippen molar-refractivity contribution >= 4 is 55.3 Å². The molecular formula is C23H23FN2O5S3. The maximum atomic E-state index is 14.6. The summed E-state index contributed by atoms with van der Waals surface area (Å²) in [5.41, 5.74) is 0.970. The molecule has 34 heavy (non-hydrogen) atoms. The summed E-state index contributed by atoms with van der Waals surface area (Å²) in [7, 11) is -4.20. The van der Waals surface area contributed by atoms with Crippen molar-refractivity contribution < 1.29 is 27.1 Å². The fourth-order valence-corrected chi connectivity index (χ4v) is 7.67. The molecule has 0 unspecified atom stereocenters. The van der Waals surface area contributed by atoms with Crippen LogP contribution in [0.25, 0.3) is 0 Å². The Hall–Kier alpha value is -2.76. The molecule has 11 heteroatoms. The number of anilines is 2. The van der Waals surface area contributed by atoms with Crippen LogP contribution in [0.4, 0.5) is 15.1 Å². The molecule has 1 aliphatic rings. The number of sulfonamides is 1. The smallest absolute Gasteiger partial charge is 0.341 e. The van der Waals surface area contributed by atoms with E-state index >= 15 is 0 Å². The van der Waals surface area contributed by atoms with Crippen LogP contribution in [0.1, 0.15) is 40.6 Å². The largest absolute Gasteiger partial charge is 0.462 e. The Labute approximate surface area is 205 Å². The van der Waals surface area contributed by atoms with Crippen molar-refractivity contribution in [1.82, 2.24) is 0 Å². The highest BCUT2D eigenvalue weighted by atomic mass is 32.2. The Morgan fingerprint density at radius 3 is 2.62 bits per heavy atom. The Morgan fingerprint density at radius 2 is 1.91 bits per heavy atom. The number of carbonyl (C=O) groups excluding carboxylic acids is 2. The minimum atomic E-state index is -4.20. The van der Waals surface area contributed by atoms with Crippen LogP contribution in [-0.4, -0.2) is 33.4 Å². The topological polar surface area (TPSA) is 92.8 Å². The number of nitrogens with one attached hydrogen (secondary N) is 1. The van der Waals surface area contributed by atoms with Gasteiger partial charge < -0.3 is 10.1 Å². The van der Waals surface area contributed by atoms with Crippen LogP contribution in [0.3, 0.4) is 0 Å². The first-order valence-electron chi connectivity index (χ1n) is 10.7. The molecule has 3 aromatic rings. The van der Waals surface area contributed by atoms with Crippen molar-refractivity contribution in [2.75, 3.05) is 22.8 Å². The molecule has 4 rings (SSSR count). The Balaban J connectivity index is 1.67. The van der Waals surface area contributed by atoms with Crippen molar-refractivity contribution in [3.63, 3.8) is 0 Å². The number of aryl methyl sites for hydroxylation is 1. The zero-order valence-electron chi connectivity index (χ0n) is 18.4. The molecule has 0 saturated heterocycles. The minimum Gasteiger partial charge on any atom is -0.462 e. The molecule has 1 N–H and O–H groups in total. The van der Waals surface area contributed by atoms with E-state index < -0.39 is 34.3 Å². The lowest BCUT2D eigenvalue weighted by atomic mass is 9.95. The number of rotatable bonds is 8. The highest BCUT2D eigenvalue weighted by Gasteiger charge is 2.32. The molecule has 0 fully saturated rings. The SMILES string of the molecule is CCOC(=O)c1c(NC(=O)CN(c2ccccc2F)S(=O)(=O)c2cccs2)sc2c1CCCC2. The zero-order chi connectivity index (χ0) is 24.3. The van der Waals surface area contributed by atoms with Crippen LogP contribution in [0.5, 0.6) is 0 Å². The summed E-state index contributed by atoms with van der Waals surface area (Å²) in [5, 5.41) is 4.62. The van der Waals surface area contributed by atoms with Gasteiger partial charge in [-0.25, -0.2) is 17.6 Å². The van der Waals surface area contributed by atoms with Gasteiger partial charge in [0, 0.05) is 4.88 Å². The number of nitrogens with zero attached hydrogens (tertiary/aromatic N) is 1. The van der Waals surface area contributed by atoms with Crippen LogP contribution in [-0.2, 0) is 32.4 Å². The number of fused-ring (bicyclic) bond motifs is 1. The van der Waals surface area contributed by atoms with Gasteiger partial charge in [-0.1, -0.05) is 18.2 Å². The van der Waals surface area contributed by atoms with E-state index in [2.05, 4.69) is 5.32 Å². The number of carbonyl (C=O) groups is 2. The number of hydrogen-bond acceptors (Lipinski definition) is 7. The van der Waals surface area contributed by atoms with Gasteiger partial charge >= 0.3 is 5.97 Å². The van der Waals surface area contributed by atoms with Gasteiger partial charge in [-0.2, -0.15) is 0 Å². The summed E-state index contributed by atoms with van der Waals surface area (Å²) < 4.78 is 47.1. The van der Waals surface area contributed by atoms with Gasteiger partial charge in [-0.05, 0) is 61.7 Å². The van der Waals surface area contributed by atoms with Crippen LogP contribution in [0.15, 0.2) is 46.0 Å². The maximum Gasteiger partial charge on any atom is 0.341 e. The van der Waals surface area contributed by atoms with E-state index in [1.807, 2.05) is 0 Å². The van der Waals surface area contributed by atoms with E-state index in [9.17, 15) is 22.4 Å². The molecule has 0 saturated carbocycles. The van der Waals surface area contributed by atoms with Gasteiger partial charge in [0.2, 0.25) is 5.91 Å². The van der Waals surface area contributed by atoms with Gasteiger partial charge in [0.05, 0.1) is 17.9 Å². The summed E-state index contributed by atoms with van der Waals surface area (Å²) >= 11 is 2.28. The second kappa shape index (κ2) is 10.2. The minimum absolute atomic E-state index is 0.0117. The molecule has 7 nitrogen and oxygen atoms in total. The van der Waals surface area contributed by atoms with Crippen molar-refractivity contribution in [2.45, 2.75) is 36.8 Å². The molecule has 0 spiro atoms. The highest BCUT2D eigenvalue weighted by Crippen LogP contribution is 2.39. The number of benzene rings is 1. The van der Waals surface area contributed by atoms with Crippen LogP contribution >= 0.6 is 22.7 Å². The summed E-state index contributed by atoms with van der Waals surface area (Å²) in [6.45, 7) is 1.24. The van der Waals surface area contributed by atoms with E-state index in [0.29, 0.717) is 17.0 Å². The average molecular weight is 523 g/mol. The molecular weight excluding hydrogens is 499 g/mol. The highest BCUT2D eigenvalue weighted by molar-refractivity contribution is 7.94. The van der Waals surface area contributed by atoms with Gasteiger partial charge in [-0.3, -0.25) is 9.10 Å². The third-order valence-corrected chi connectivity index (χ3v) is 9.69. The third-order valence-electron chi connectivity index (χ3n) is 5.35. The Morgan fingerprint density at radius 1 is 1.15 bits per heavy atom. The second-order valence-electron chi connectivity index (χ2n) is 7.58. The molecule has 0 bridgehead atoms. The van der Waals surface area contributed by atoms with Crippen molar-refractivity contribution in [3.8, 4) is 0 Å². The fraction of sp³-hybridized carbons (Fsp3) is 0.304. The first-order chi connectivity index (χ1) is 16.3. The number of para-hydroxylation sites is 1. The van der Waals surface area contributed by atoms with E-state index in [1.54, 1.807) is 18.4 Å². The number of halogens is 1. The lowest BCUT2D eigenvalue weighted by molar-refractivity contribution is -0.114. The molecule has 0 radical (unpaired) electrons. The monoisotopic (exact) mass is 522 g/mol. The van der Waals surface area contributed by atoms with E-state index in [-0.39, 0.29) is 16.5 Å². The summed E-state index contributed by atoms with van der Waals surface area (Å²) in [4.78, 5) is 26.8. The first kappa shape index (κ1) is 24.4. The molecule has 1 aliphatic carbocycles. The van der Waals surface area contributed by atoms with Crippen LogP contribution in [0, 0.1) is 5.82 Å². The van der Waals surface area contributed by atoms with Crippen molar-refractivity contribution in [1.29, 1.82) is 0 Å². The van der Waals surface area contributed by atoms with Gasteiger partial charge in [0.1, 0.15) is 21.6 Å². The summed E-state index contributed by atoms with van der Waals surface area (Å²) in [6.07, 6.45) is 3.44. The van der Waals surface area contributed by atoms with Gasteiger partial charge in [0.25, 0.3) is 10.0 Å². The predicted octanol–water partition coefficient (Wildman–Crippen LogP) is 4.84. The second-order valence-corrected chi connectivity index (χ2v) is 11.7. The maximum absolute atomic E-state index is 14.6. The Kier molecular flexibility index (Phi) is 7.34. The molecule has 0 atom stereocenters. The molecule has 1 amide bonds. The average Bonchev–Trinajstić information content (AvgIpc) is 3.46. The van der Waals surface area contributed by atoms with Crippen molar-refractivity contribution in [2.24, 2.45) is 0 Å². The zero-order valence-corrected chi connectivity index (χ0v) is 20.8. The van der Waals surface area contributed by atoms with Crippen molar-refractivity contribution in [3.05, 3.63) is 63.6 Å². The van der Waals surface area contributed by atoms with E-state index in [4.69, 9.17) is 4.74 Å². The summed E-state index contributed by atoms with van der Waals surface area (Å²) in [6, 6.07) is 8.35. The quantitative estimate of drug-likeness (QED) is 0.428. The fourth-order valence-electron chi connectivity index (χ4n) is 3.84. The van der Waals surface area contributed by atoms with Gasteiger partial charge in [0.15, 0.2) is 0 Å². The normalized spacial score (nSPS) is 13.2. The molecule has 2 heterocycles. The lowest BCUT2D eigenvalue weighted by Crippen LogP contribution is -2.38. The van der Waals surface area contributed by atoms with E-state index in [0.717, 1.165) is 51.4 Å². The third kappa shape index (κ3) is 4.86. The van der Waals surface area contributed by atoms with Gasteiger partial charge in [-0.15, -0.1) is 22.7 Å². The Bertz CT molecular complexity index is 1300. The standard InChI is InChI=1S/C23H23FN2O5S3/c1-2-31-23(28)21-15-8-3-6-11-18(15)33-22(21)25-19(27)14-26(17-10-5-4-9-16(17)24)34(29,30)20-12-7-13-32-20/h4-5,7,9-10,12-13H,2-3,6,8,11,14H2,1H3,(H,25,27). The van der Waals surface area contributed by atoms with E-state index in [1.165, 1.54) is 35.6 Å². The number of esters is 1. The van der Waals surface area contributed by atoms with Crippen LogP contribution in [0.2, 0.25) is 0 Å². The number of amides is 1. The molecule has 180 valence electrons. The predicted molar refractivity (Wildman–Crippen MR) is 131 cm³/mol. The first-order valence-corrected chi connectivity index (χ1v) is 13.9. The number of ether oxygens (including phenoxy) is 1. The molecule has 2 aromatic heterocycles. The number of hydrogen-bond donors (Lipinski definition) is 1. The summed E-state index contributed by atoms with van der Waals surface area (Å²) in [5.74, 6) is -1.98. The molecule has 1 aromatic carbocycles. The molecule has 0 aliphatic heterocycles. The lowest BCUT2D eigenvalue weighted by Gasteiger charge is -2.23. The number of thiophene rings is 2.